The number of fused-ring (bicyclic) bond motifs is 1. The van der Waals surface area contributed by atoms with Crippen molar-refractivity contribution in [2.45, 2.75) is 13.3 Å². The van der Waals surface area contributed by atoms with E-state index in [4.69, 9.17) is 4.42 Å². The predicted octanol–water partition coefficient (Wildman–Crippen LogP) is 1.99. The molecule has 2 aromatic heterocycles. The molecule has 3 aromatic rings. The highest BCUT2D eigenvalue weighted by molar-refractivity contribution is 5.97. The van der Waals surface area contributed by atoms with Crippen LogP contribution < -0.4 is 0 Å². The Balaban J connectivity index is 1.38. The van der Waals surface area contributed by atoms with Gasteiger partial charge in [-0.3, -0.25) is 9.59 Å². The van der Waals surface area contributed by atoms with Crippen LogP contribution in [0.2, 0.25) is 0 Å². The first-order valence-electron chi connectivity index (χ1n) is 8.66. The Morgan fingerprint density at radius 1 is 1.15 bits per heavy atom. The maximum absolute atomic E-state index is 12.7. The summed E-state index contributed by atoms with van der Waals surface area (Å²) in [5.74, 6) is 0.639. The number of amides is 2. The minimum absolute atomic E-state index is 0.0368. The van der Waals surface area contributed by atoms with E-state index in [1.807, 2.05) is 23.4 Å². The maximum Gasteiger partial charge on any atom is 0.254 e. The molecule has 26 heavy (non-hydrogen) atoms. The molecule has 0 saturated carbocycles. The molecule has 2 amide bonds. The number of nitrogens with zero attached hydrogens (tertiary/aromatic N) is 3. The van der Waals surface area contributed by atoms with Crippen molar-refractivity contribution < 1.29 is 14.0 Å². The van der Waals surface area contributed by atoms with Gasteiger partial charge in [-0.2, -0.15) is 0 Å². The van der Waals surface area contributed by atoms with Crippen molar-refractivity contribution in [1.82, 2.24) is 19.8 Å². The van der Waals surface area contributed by atoms with E-state index in [-0.39, 0.29) is 11.8 Å². The second kappa shape index (κ2) is 6.67. The molecule has 134 valence electrons. The van der Waals surface area contributed by atoms with Crippen molar-refractivity contribution in [1.29, 1.82) is 0 Å². The number of carbonyl (C=O) groups excluding carboxylic acids is 2. The Labute approximate surface area is 150 Å². The van der Waals surface area contributed by atoms with E-state index in [9.17, 15) is 9.59 Å². The fourth-order valence-corrected chi connectivity index (χ4v) is 3.27. The number of H-pyrrole nitrogens is 1. The van der Waals surface area contributed by atoms with Gasteiger partial charge in [0, 0.05) is 51.1 Å². The molecule has 1 aliphatic rings. The summed E-state index contributed by atoms with van der Waals surface area (Å²) in [6.07, 6.45) is 4.03. The number of carbonyl (C=O) groups is 2. The van der Waals surface area contributed by atoms with Crippen LogP contribution in [0.1, 0.15) is 21.8 Å². The number of aromatic amines is 1. The van der Waals surface area contributed by atoms with E-state index in [0.717, 1.165) is 5.56 Å². The zero-order chi connectivity index (χ0) is 18.1. The van der Waals surface area contributed by atoms with E-state index in [1.54, 1.807) is 30.0 Å². The van der Waals surface area contributed by atoms with Gasteiger partial charge in [-0.15, -0.1) is 0 Å². The summed E-state index contributed by atoms with van der Waals surface area (Å²) in [6, 6.07) is 7.20. The summed E-state index contributed by atoms with van der Waals surface area (Å²) in [4.78, 5) is 35.9. The number of aromatic nitrogens is 2. The molecule has 0 unspecified atom stereocenters. The second-order valence-electron chi connectivity index (χ2n) is 6.48. The number of rotatable bonds is 3. The van der Waals surface area contributed by atoms with Crippen molar-refractivity contribution >= 4 is 22.9 Å². The molecule has 7 heteroatoms. The monoisotopic (exact) mass is 352 g/mol. The molecule has 1 aromatic carbocycles. The van der Waals surface area contributed by atoms with Crippen LogP contribution in [0.4, 0.5) is 0 Å². The van der Waals surface area contributed by atoms with Gasteiger partial charge in [0.25, 0.3) is 5.91 Å². The minimum atomic E-state index is -0.0368. The number of benzene rings is 1. The number of oxazole rings is 1. The van der Waals surface area contributed by atoms with Crippen LogP contribution in [0.25, 0.3) is 11.1 Å². The van der Waals surface area contributed by atoms with Gasteiger partial charge >= 0.3 is 0 Å². The van der Waals surface area contributed by atoms with Crippen LogP contribution in [-0.2, 0) is 11.2 Å². The average molecular weight is 352 g/mol. The Hall–Kier alpha value is -3.09. The molecule has 1 fully saturated rings. The summed E-state index contributed by atoms with van der Waals surface area (Å²) < 4.78 is 5.45. The summed E-state index contributed by atoms with van der Waals surface area (Å²) in [5, 5.41) is 0. The van der Waals surface area contributed by atoms with Crippen molar-refractivity contribution in [3.8, 4) is 0 Å². The van der Waals surface area contributed by atoms with Crippen molar-refractivity contribution in [2.75, 3.05) is 26.2 Å². The highest BCUT2D eigenvalue weighted by atomic mass is 16.3. The fourth-order valence-electron chi connectivity index (χ4n) is 3.27. The number of nitrogens with one attached hydrogen (secondary N) is 1. The van der Waals surface area contributed by atoms with Gasteiger partial charge in [0.2, 0.25) is 5.91 Å². The molecule has 0 radical (unpaired) electrons. The molecule has 0 bridgehead atoms. The summed E-state index contributed by atoms with van der Waals surface area (Å²) in [6.45, 7) is 3.97. The Bertz CT molecular complexity index is 937. The van der Waals surface area contributed by atoms with Gasteiger partial charge in [0.05, 0.1) is 6.42 Å². The zero-order valence-electron chi connectivity index (χ0n) is 14.6. The van der Waals surface area contributed by atoms with Crippen molar-refractivity contribution in [3.05, 3.63) is 53.7 Å². The maximum atomic E-state index is 12.7. The van der Waals surface area contributed by atoms with Gasteiger partial charge in [-0.1, -0.05) is 0 Å². The largest absolute Gasteiger partial charge is 0.441 e. The Morgan fingerprint density at radius 2 is 1.92 bits per heavy atom. The van der Waals surface area contributed by atoms with Gasteiger partial charge in [-0.25, -0.2) is 4.98 Å². The quantitative estimate of drug-likeness (QED) is 0.781. The van der Waals surface area contributed by atoms with E-state index < -0.39 is 0 Å². The van der Waals surface area contributed by atoms with Crippen molar-refractivity contribution in [3.63, 3.8) is 0 Å². The highest BCUT2D eigenvalue weighted by Crippen LogP contribution is 2.18. The highest BCUT2D eigenvalue weighted by Gasteiger charge is 2.25. The SMILES string of the molecule is Cc1nc2cc(C(=O)N3CCN(C(=O)Cc4cc[nH]c4)CC3)ccc2o1. The normalized spacial score (nSPS) is 14.8. The van der Waals surface area contributed by atoms with Crippen LogP contribution >= 0.6 is 0 Å². The third-order valence-corrected chi connectivity index (χ3v) is 4.68. The fraction of sp³-hybridized carbons (Fsp3) is 0.316. The van der Waals surface area contributed by atoms with Gasteiger partial charge in [-0.05, 0) is 29.8 Å². The first-order valence-corrected chi connectivity index (χ1v) is 8.66. The third kappa shape index (κ3) is 3.20. The standard InChI is InChI=1S/C19H20N4O3/c1-13-21-16-11-15(2-3-17(16)26-13)19(25)23-8-6-22(7-9-23)18(24)10-14-4-5-20-12-14/h2-5,11-12,20H,6-10H2,1H3. The predicted molar refractivity (Wildman–Crippen MR) is 95.7 cm³/mol. The first-order chi connectivity index (χ1) is 12.6. The van der Waals surface area contributed by atoms with E-state index in [1.165, 1.54) is 0 Å². The molecule has 7 nitrogen and oxygen atoms in total. The lowest BCUT2D eigenvalue weighted by molar-refractivity contribution is -0.131. The molecule has 1 aliphatic heterocycles. The molecule has 0 spiro atoms. The number of piperazine rings is 1. The second-order valence-corrected chi connectivity index (χ2v) is 6.48. The van der Waals surface area contributed by atoms with Gasteiger partial charge < -0.3 is 19.2 Å². The summed E-state index contributed by atoms with van der Waals surface area (Å²) in [7, 11) is 0. The molecular weight excluding hydrogens is 332 g/mol. The zero-order valence-corrected chi connectivity index (χ0v) is 14.6. The Kier molecular flexibility index (Phi) is 4.20. The number of hydrogen-bond donors (Lipinski definition) is 1. The molecule has 3 heterocycles. The van der Waals surface area contributed by atoms with Crippen LogP contribution in [0.15, 0.2) is 41.1 Å². The molecule has 1 saturated heterocycles. The Morgan fingerprint density at radius 3 is 2.65 bits per heavy atom. The summed E-state index contributed by atoms with van der Waals surface area (Å²) in [5.41, 5.74) is 2.94. The van der Waals surface area contributed by atoms with Crippen LogP contribution in [0.3, 0.4) is 0 Å². The lowest BCUT2D eigenvalue weighted by Crippen LogP contribution is -2.51. The molecule has 0 atom stereocenters. The van der Waals surface area contributed by atoms with Crippen LogP contribution in [-0.4, -0.2) is 57.8 Å². The summed E-state index contributed by atoms with van der Waals surface area (Å²) >= 11 is 0. The lowest BCUT2D eigenvalue weighted by Gasteiger charge is -2.34. The van der Waals surface area contributed by atoms with E-state index in [0.29, 0.717) is 55.2 Å². The molecular formula is C19H20N4O3. The van der Waals surface area contributed by atoms with Gasteiger partial charge in [0.15, 0.2) is 11.5 Å². The third-order valence-electron chi connectivity index (χ3n) is 4.68. The first kappa shape index (κ1) is 16.4. The van der Waals surface area contributed by atoms with Gasteiger partial charge in [0.1, 0.15) is 5.52 Å². The van der Waals surface area contributed by atoms with Crippen molar-refractivity contribution in [2.24, 2.45) is 0 Å². The number of hydrogen-bond acceptors (Lipinski definition) is 4. The smallest absolute Gasteiger partial charge is 0.254 e. The lowest BCUT2D eigenvalue weighted by atomic mass is 10.1. The van der Waals surface area contributed by atoms with E-state index >= 15 is 0 Å². The average Bonchev–Trinajstić information content (AvgIpc) is 3.28. The molecule has 0 aliphatic carbocycles. The van der Waals surface area contributed by atoms with E-state index in [2.05, 4.69) is 9.97 Å². The van der Waals surface area contributed by atoms with Crippen LogP contribution in [0, 0.1) is 6.92 Å². The molecule has 4 rings (SSSR count). The van der Waals surface area contributed by atoms with Crippen LogP contribution in [0.5, 0.6) is 0 Å². The molecule has 1 N–H and O–H groups in total. The topological polar surface area (TPSA) is 82.4 Å². The number of aryl methyl sites for hydroxylation is 1. The minimum Gasteiger partial charge on any atom is -0.441 e.